The number of aromatic nitrogens is 4. The zero-order valence-corrected chi connectivity index (χ0v) is 50.5. The molecule has 6 atom stereocenters. The van der Waals surface area contributed by atoms with E-state index in [1.165, 1.54) is 0 Å². The van der Waals surface area contributed by atoms with E-state index in [0.29, 0.717) is 78.0 Å². The van der Waals surface area contributed by atoms with Gasteiger partial charge in [0.25, 0.3) is 0 Å². The molecule has 0 aliphatic carbocycles. The van der Waals surface area contributed by atoms with Crippen molar-refractivity contribution < 1.29 is 28.8 Å². The average molecular weight is 1180 g/mol. The summed E-state index contributed by atoms with van der Waals surface area (Å²) in [5.74, 6) is -1.01. The molecular formula is C63H81N13O6S2. The van der Waals surface area contributed by atoms with Crippen LogP contribution in [0.1, 0.15) is 119 Å². The van der Waals surface area contributed by atoms with Crippen LogP contribution >= 0.6 is 22.7 Å². The Morgan fingerprint density at radius 3 is 1.50 bits per heavy atom. The number of thiazole rings is 2. The van der Waals surface area contributed by atoms with Gasteiger partial charge >= 0.3 is 12.1 Å². The van der Waals surface area contributed by atoms with E-state index in [4.69, 9.17) is 9.97 Å². The first-order valence-electron chi connectivity index (χ1n) is 30.4. The fourth-order valence-corrected chi connectivity index (χ4v) is 14.8. The largest absolute Gasteiger partial charge is 0.343 e. The minimum atomic E-state index is -0.739. The number of carbonyl (C=O) groups is 6. The number of fused-ring (bicyclic) bond motifs is 2. The molecule has 84 heavy (non-hydrogen) atoms. The fourth-order valence-electron chi connectivity index (χ4n) is 12.6. The van der Waals surface area contributed by atoms with Crippen LogP contribution in [0.15, 0.2) is 85.2 Å². The summed E-state index contributed by atoms with van der Waals surface area (Å²) in [4.78, 5) is 110. The van der Waals surface area contributed by atoms with Gasteiger partial charge in [0, 0.05) is 88.2 Å². The summed E-state index contributed by atoms with van der Waals surface area (Å²) in [5.41, 5.74) is 5.29. The van der Waals surface area contributed by atoms with Crippen LogP contribution in [-0.4, -0.2) is 160 Å². The zero-order chi connectivity index (χ0) is 58.7. The Bertz CT molecular complexity index is 3020. The molecule has 4 aliphatic heterocycles. The summed E-state index contributed by atoms with van der Waals surface area (Å²) in [6, 6.07) is 21.8. The number of pyridine rings is 2. The van der Waals surface area contributed by atoms with Gasteiger partial charge in [-0.2, -0.15) is 0 Å². The predicted molar refractivity (Wildman–Crippen MR) is 329 cm³/mol. The van der Waals surface area contributed by atoms with E-state index in [-0.39, 0.29) is 71.9 Å². The number of rotatable bonds is 22. The third-order valence-corrected chi connectivity index (χ3v) is 20.0. The first kappa shape index (κ1) is 60.2. The molecule has 4 aliphatic rings. The Labute approximate surface area is 500 Å². The van der Waals surface area contributed by atoms with E-state index in [2.05, 4.69) is 36.6 Å². The standard InChI is InChI=1S/C63H81N13O6S2/c1-40(64-3)49(77)39-46(60(79)75-33-15-21-47(75)58-71-55-50(83-58)23-31-66-52(55)43-17-9-7-10-18-43)42-25-35-73(36-26-42)62(81)68-29-13-5-6-14-30-69-63(82)74-37-27-45(28-38-74)54(70-57(78)41(2)65-4)61(80)76-34-16-22-48(76)59-72-56-51(84-59)24-32-67-53(56)44-19-11-8-12-20-44/h7-12,17-20,23-24,31-32,40-42,45-48,54,64-65H,5-6,13-16,21-22,25-30,33-39H2,1-4H3,(H,68,81)(H,69,82)(H,70,78)/t40-,41-,46-,47-,48-,54-/m0/s1. The molecule has 0 bridgehead atoms. The topological polar surface area (TPSA) is 227 Å². The van der Waals surface area contributed by atoms with Crippen LogP contribution in [0.3, 0.4) is 0 Å². The Morgan fingerprint density at radius 1 is 0.560 bits per heavy atom. The second kappa shape index (κ2) is 28.3. The van der Waals surface area contributed by atoms with Crippen LogP contribution in [0.2, 0.25) is 0 Å². The minimum Gasteiger partial charge on any atom is -0.343 e. The van der Waals surface area contributed by atoms with Crippen LogP contribution in [-0.2, 0) is 19.2 Å². The van der Waals surface area contributed by atoms with Crippen molar-refractivity contribution in [3.63, 3.8) is 0 Å². The monoisotopic (exact) mass is 1180 g/mol. The molecule has 5 N–H and O–H groups in total. The smallest absolute Gasteiger partial charge is 0.317 e. The number of nitrogens with one attached hydrogen (secondary N) is 5. The molecule has 8 heterocycles. The highest BCUT2D eigenvalue weighted by molar-refractivity contribution is 7.19. The Balaban J connectivity index is 0.652. The highest BCUT2D eigenvalue weighted by Crippen LogP contribution is 2.42. The summed E-state index contributed by atoms with van der Waals surface area (Å²) in [7, 11) is 3.49. The van der Waals surface area contributed by atoms with Gasteiger partial charge in [0.1, 0.15) is 32.9 Å². The summed E-state index contributed by atoms with van der Waals surface area (Å²) in [5, 5.41) is 17.2. The summed E-state index contributed by atoms with van der Waals surface area (Å²) >= 11 is 3.21. The number of likely N-dealkylation sites (N-methyl/N-ethyl adjacent to an activating group) is 2. The quantitative estimate of drug-likeness (QED) is 0.0402. The van der Waals surface area contributed by atoms with E-state index in [1.807, 2.05) is 112 Å². The van der Waals surface area contributed by atoms with Gasteiger partial charge in [-0.3, -0.25) is 29.1 Å². The average Bonchev–Trinajstić information content (AvgIpc) is 4.09. The van der Waals surface area contributed by atoms with Crippen molar-refractivity contribution in [1.82, 2.24) is 66.1 Å². The van der Waals surface area contributed by atoms with Gasteiger partial charge in [-0.05, 0) is 116 Å². The molecule has 4 fully saturated rings. The lowest BCUT2D eigenvalue weighted by atomic mass is 9.79. The number of likely N-dealkylation sites (tertiary alicyclic amines) is 4. The number of ketones is 1. The van der Waals surface area contributed by atoms with E-state index in [9.17, 15) is 28.8 Å². The molecule has 0 unspecified atom stereocenters. The van der Waals surface area contributed by atoms with Gasteiger partial charge in [-0.15, -0.1) is 22.7 Å². The number of carbonyl (C=O) groups excluding carboxylic acids is 6. The lowest BCUT2D eigenvalue weighted by molar-refractivity contribution is -0.142. The molecule has 0 radical (unpaired) electrons. The van der Waals surface area contributed by atoms with Gasteiger partial charge in [-0.25, -0.2) is 19.6 Å². The maximum absolute atomic E-state index is 14.8. The van der Waals surface area contributed by atoms with Crippen LogP contribution in [0.4, 0.5) is 9.59 Å². The van der Waals surface area contributed by atoms with E-state index in [0.717, 1.165) is 104 Å². The number of hydrogen-bond donors (Lipinski definition) is 5. The van der Waals surface area contributed by atoms with Crippen molar-refractivity contribution >= 4 is 78.7 Å². The second-order valence-electron chi connectivity index (χ2n) is 23.0. The predicted octanol–water partition coefficient (Wildman–Crippen LogP) is 8.74. The van der Waals surface area contributed by atoms with Crippen LogP contribution < -0.4 is 26.6 Å². The number of benzene rings is 2. The number of urea groups is 2. The molecular weight excluding hydrogens is 1100 g/mol. The minimum absolute atomic E-state index is 0.00399. The SMILES string of the molecule is CN[C@@H](C)C(=O)C[C@H](C(=O)N1CCC[C@H]1c1nc2c(-c3ccccc3)nccc2s1)C1CCN(C(=O)NCCCCCCNC(=O)N2CCC([C@H](NC(=O)[C@H](C)NC)C(=O)N3CCC[C@H]3c3nc4c(-c5ccccc5)nccc4s3)CC2)CC1. The molecule has 4 saturated heterocycles. The number of piperidine rings is 2. The summed E-state index contributed by atoms with van der Waals surface area (Å²) < 4.78 is 2.04. The number of amides is 7. The molecule has 6 aromatic rings. The van der Waals surface area contributed by atoms with Gasteiger partial charge in [0.05, 0.1) is 45.0 Å². The number of hydrogen-bond acceptors (Lipinski definition) is 14. The lowest BCUT2D eigenvalue weighted by Crippen LogP contribution is -2.57. The lowest BCUT2D eigenvalue weighted by Gasteiger charge is -2.38. The van der Waals surface area contributed by atoms with Crippen LogP contribution in [0.5, 0.6) is 0 Å². The number of Topliss-reactive ketones (excluding diaryl/α,β-unsaturated/α-hetero) is 1. The second-order valence-corrected chi connectivity index (χ2v) is 25.2. The fraction of sp³-hybridized carbons (Fsp3) is 0.524. The first-order valence-corrected chi connectivity index (χ1v) is 32.0. The van der Waals surface area contributed by atoms with Gasteiger partial charge < -0.3 is 46.2 Å². The highest BCUT2D eigenvalue weighted by atomic mass is 32.1. The number of unbranched alkanes of at least 4 members (excludes halogenated alkanes) is 3. The van der Waals surface area contributed by atoms with Gasteiger partial charge in [0.15, 0.2) is 0 Å². The molecule has 0 saturated carbocycles. The number of nitrogens with zero attached hydrogens (tertiary/aromatic N) is 8. The van der Waals surface area contributed by atoms with Crippen molar-refractivity contribution in [3.05, 3.63) is 95.2 Å². The normalized spacial score (nSPS) is 19.3. The van der Waals surface area contributed by atoms with Crippen molar-refractivity contribution in [1.29, 1.82) is 0 Å². The van der Waals surface area contributed by atoms with E-state index >= 15 is 0 Å². The molecule has 446 valence electrons. The first-order chi connectivity index (χ1) is 40.9. The molecule has 21 heteroatoms. The summed E-state index contributed by atoms with van der Waals surface area (Å²) in [6.07, 6.45) is 12.9. The highest BCUT2D eigenvalue weighted by Gasteiger charge is 2.43. The van der Waals surface area contributed by atoms with Crippen molar-refractivity contribution in [3.8, 4) is 22.5 Å². The van der Waals surface area contributed by atoms with E-state index < -0.39 is 18.0 Å². The third kappa shape index (κ3) is 13.9. The van der Waals surface area contributed by atoms with Crippen LogP contribution in [0, 0.1) is 17.8 Å². The van der Waals surface area contributed by atoms with E-state index in [1.54, 1.807) is 43.7 Å². The zero-order valence-electron chi connectivity index (χ0n) is 48.9. The molecule has 10 rings (SSSR count). The Morgan fingerprint density at radius 2 is 1.02 bits per heavy atom. The Kier molecular flexibility index (Phi) is 20.3. The summed E-state index contributed by atoms with van der Waals surface area (Å²) in [6.45, 7) is 7.84. The molecule has 2 aromatic carbocycles. The van der Waals surface area contributed by atoms with Crippen molar-refractivity contribution in [2.24, 2.45) is 17.8 Å². The van der Waals surface area contributed by atoms with Crippen LogP contribution in [0.25, 0.3) is 42.9 Å². The van der Waals surface area contributed by atoms with Gasteiger partial charge in [0.2, 0.25) is 17.7 Å². The Hall–Kier alpha value is -6.94. The van der Waals surface area contributed by atoms with Gasteiger partial charge in [-0.1, -0.05) is 73.5 Å². The van der Waals surface area contributed by atoms with Crippen molar-refractivity contribution in [2.45, 2.75) is 128 Å². The third-order valence-electron chi connectivity index (χ3n) is 17.8. The maximum atomic E-state index is 14.8. The van der Waals surface area contributed by atoms with Crippen molar-refractivity contribution in [2.75, 3.05) is 66.5 Å². The molecule has 4 aromatic heterocycles. The molecule has 19 nitrogen and oxygen atoms in total. The molecule has 7 amide bonds. The molecule has 0 spiro atoms. The maximum Gasteiger partial charge on any atom is 0.317 e.